The quantitative estimate of drug-likeness (QED) is 0.858. The lowest BCUT2D eigenvalue weighted by Gasteiger charge is -2.10. The minimum Gasteiger partial charge on any atom is -0.324 e. The molecule has 0 saturated heterocycles. The highest BCUT2D eigenvalue weighted by Crippen LogP contribution is 2.31. The average Bonchev–Trinajstić information content (AvgIpc) is 3.19. The molecule has 1 aliphatic carbocycles. The molecule has 0 bridgehead atoms. The molecule has 1 fully saturated rings. The molecule has 0 heterocycles. The standard InChI is InChI=1S/C17H20N2/c18-17(10-11-17)13-19-12-14-6-8-16(9-7-14)15-4-2-1-3-5-15/h1-9,19H,10-13,18H2. The number of hydrogen-bond donors (Lipinski definition) is 2. The van der Waals surface area contributed by atoms with E-state index in [0.717, 1.165) is 25.9 Å². The van der Waals surface area contributed by atoms with Crippen LogP contribution in [0.15, 0.2) is 54.6 Å². The van der Waals surface area contributed by atoms with Gasteiger partial charge in [0.1, 0.15) is 0 Å². The van der Waals surface area contributed by atoms with Gasteiger partial charge in [-0.15, -0.1) is 0 Å². The normalized spacial score (nSPS) is 16.3. The van der Waals surface area contributed by atoms with Crippen molar-refractivity contribution in [1.82, 2.24) is 5.32 Å². The minimum absolute atomic E-state index is 0.0873. The second-order valence-corrected chi connectivity index (χ2v) is 5.53. The molecular formula is C17H20N2. The summed E-state index contributed by atoms with van der Waals surface area (Å²) in [6.07, 6.45) is 2.32. The number of nitrogens with one attached hydrogen (secondary N) is 1. The van der Waals surface area contributed by atoms with Gasteiger partial charge in [-0.2, -0.15) is 0 Å². The summed E-state index contributed by atoms with van der Waals surface area (Å²) < 4.78 is 0. The molecule has 0 aromatic heterocycles. The smallest absolute Gasteiger partial charge is 0.0282 e. The summed E-state index contributed by atoms with van der Waals surface area (Å²) in [5.74, 6) is 0. The molecule has 0 amide bonds. The van der Waals surface area contributed by atoms with Gasteiger partial charge in [-0.3, -0.25) is 0 Å². The van der Waals surface area contributed by atoms with Gasteiger partial charge in [0.15, 0.2) is 0 Å². The van der Waals surface area contributed by atoms with Crippen molar-refractivity contribution in [1.29, 1.82) is 0 Å². The second kappa shape index (κ2) is 5.16. The van der Waals surface area contributed by atoms with E-state index in [2.05, 4.69) is 53.8 Å². The number of benzene rings is 2. The van der Waals surface area contributed by atoms with E-state index in [0.29, 0.717) is 0 Å². The van der Waals surface area contributed by atoms with Crippen LogP contribution in [-0.2, 0) is 6.54 Å². The van der Waals surface area contributed by atoms with E-state index in [1.54, 1.807) is 0 Å². The van der Waals surface area contributed by atoms with Gasteiger partial charge in [0, 0.05) is 18.6 Å². The Morgan fingerprint density at radius 1 is 0.895 bits per heavy atom. The predicted molar refractivity (Wildman–Crippen MR) is 79.7 cm³/mol. The van der Waals surface area contributed by atoms with Crippen LogP contribution in [0.4, 0.5) is 0 Å². The van der Waals surface area contributed by atoms with E-state index < -0.39 is 0 Å². The van der Waals surface area contributed by atoms with Crippen LogP contribution in [0.2, 0.25) is 0 Å². The highest BCUT2D eigenvalue weighted by atomic mass is 15.0. The van der Waals surface area contributed by atoms with Crippen molar-refractivity contribution < 1.29 is 0 Å². The molecule has 2 aromatic carbocycles. The first-order chi connectivity index (χ1) is 9.25. The van der Waals surface area contributed by atoms with Crippen LogP contribution in [0.3, 0.4) is 0 Å². The maximum Gasteiger partial charge on any atom is 0.0282 e. The zero-order valence-electron chi connectivity index (χ0n) is 11.1. The molecule has 2 aromatic rings. The number of hydrogen-bond acceptors (Lipinski definition) is 2. The SMILES string of the molecule is NC1(CNCc2ccc(-c3ccccc3)cc2)CC1. The molecule has 3 rings (SSSR count). The molecule has 0 unspecified atom stereocenters. The van der Waals surface area contributed by atoms with E-state index in [1.165, 1.54) is 16.7 Å². The summed E-state index contributed by atoms with van der Waals surface area (Å²) in [7, 11) is 0. The highest BCUT2D eigenvalue weighted by molar-refractivity contribution is 5.63. The zero-order valence-corrected chi connectivity index (χ0v) is 11.1. The van der Waals surface area contributed by atoms with Crippen LogP contribution in [-0.4, -0.2) is 12.1 Å². The lowest BCUT2D eigenvalue weighted by Crippen LogP contribution is -2.35. The van der Waals surface area contributed by atoms with Crippen LogP contribution in [0, 0.1) is 0 Å². The van der Waals surface area contributed by atoms with E-state index in [9.17, 15) is 0 Å². The Morgan fingerprint density at radius 3 is 2.16 bits per heavy atom. The summed E-state index contributed by atoms with van der Waals surface area (Å²) >= 11 is 0. The van der Waals surface area contributed by atoms with Gasteiger partial charge in [0.2, 0.25) is 0 Å². The summed E-state index contributed by atoms with van der Waals surface area (Å²) in [5.41, 5.74) is 9.98. The maximum atomic E-state index is 6.05. The third-order valence-corrected chi connectivity index (χ3v) is 3.76. The Balaban J connectivity index is 1.59. The third-order valence-electron chi connectivity index (χ3n) is 3.76. The summed E-state index contributed by atoms with van der Waals surface area (Å²) in [4.78, 5) is 0. The first-order valence-electron chi connectivity index (χ1n) is 6.89. The van der Waals surface area contributed by atoms with Gasteiger partial charge in [0.25, 0.3) is 0 Å². The Morgan fingerprint density at radius 2 is 1.53 bits per heavy atom. The predicted octanol–water partition coefficient (Wildman–Crippen LogP) is 2.93. The molecule has 2 heteroatoms. The van der Waals surface area contributed by atoms with E-state index in [-0.39, 0.29) is 5.54 Å². The van der Waals surface area contributed by atoms with Crippen molar-refractivity contribution in [3.63, 3.8) is 0 Å². The van der Waals surface area contributed by atoms with Gasteiger partial charge in [-0.1, -0.05) is 54.6 Å². The van der Waals surface area contributed by atoms with Gasteiger partial charge < -0.3 is 11.1 Å². The van der Waals surface area contributed by atoms with Crippen molar-refractivity contribution in [3.05, 3.63) is 60.2 Å². The monoisotopic (exact) mass is 252 g/mol. The third kappa shape index (κ3) is 3.22. The lowest BCUT2D eigenvalue weighted by atomic mass is 10.0. The minimum atomic E-state index is 0.0873. The van der Waals surface area contributed by atoms with Crippen molar-refractivity contribution >= 4 is 0 Å². The fraction of sp³-hybridized carbons (Fsp3) is 0.294. The molecular weight excluding hydrogens is 232 g/mol. The van der Waals surface area contributed by atoms with Crippen LogP contribution in [0.5, 0.6) is 0 Å². The average molecular weight is 252 g/mol. The fourth-order valence-corrected chi connectivity index (χ4v) is 2.24. The molecule has 0 radical (unpaired) electrons. The number of nitrogens with two attached hydrogens (primary N) is 1. The Labute approximate surface area is 114 Å². The second-order valence-electron chi connectivity index (χ2n) is 5.53. The molecule has 0 aliphatic heterocycles. The van der Waals surface area contributed by atoms with Gasteiger partial charge in [0.05, 0.1) is 0 Å². The van der Waals surface area contributed by atoms with Crippen LogP contribution in [0.25, 0.3) is 11.1 Å². The Bertz CT molecular complexity index is 527. The molecule has 2 nitrogen and oxygen atoms in total. The lowest BCUT2D eigenvalue weighted by molar-refractivity contribution is 0.569. The van der Waals surface area contributed by atoms with Gasteiger partial charge in [-0.25, -0.2) is 0 Å². The molecule has 1 aliphatic rings. The molecule has 3 N–H and O–H groups in total. The van der Waals surface area contributed by atoms with Gasteiger partial charge in [-0.05, 0) is 29.5 Å². The van der Waals surface area contributed by atoms with Crippen molar-refractivity contribution in [2.24, 2.45) is 5.73 Å². The van der Waals surface area contributed by atoms with Crippen molar-refractivity contribution in [2.75, 3.05) is 6.54 Å². The van der Waals surface area contributed by atoms with Crippen molar-refractivity contribution in [3.8, 4) is 11.1 Å². The van der Waals surface area contributed by atoms with Gasteiger partial charge >= 0.3 is 0 Å². The van der Waals surface area contributed by atoms with Crippen LogP contribution < -0.4 is 11.1 Å². The summed E-state index contributed by atoms with van der Waals surface area (Å²) in [5, 5.41) is 3.44. The first-order valence-corrected chi connectivity index (χ1v) is 6.89. The van der Waals surface area contributed by atoms with E-state index in [1.807, 2.05) is 6.07 Å². The van der Waals surface area contributed by atoms with Crippen molar-refractivity contribution in [2.45, 2.75) is 24.9 Å². The largest absolute Gasteiger partial charge is 0.324 e. The molecule has 0 spiro atoms. The molecule has 98 valence electrons. The topological polar surface area (TPSA) is 38.0 Å². The highest BCUT2D eigenvalue weighted by Gasteiger charge is 2.37. The molecule has 0 atom stereocenters. The summed E-state index contributed by atoms with van der Waals surface area (Å²) in [6, 6.07) is 19.2. The van der Waals surface area contributed by atoms with E-state index in [4.69, 9.17) is 5.73 Å². The molecule has 1 saturated carbocycles. The molecule has 19 heavy (non-hydrogen) atoms. The zero-order chi connectivity index (χ0) is 13.1. The maximum absolute atomic E-state index is 6.05. The number of rotatable bonds is 5. The van der Waals surface area contributed by atoms with Crippen LogP contribution in [0.1, 0.15) is 18.4 Å². The Hall–Kier alpha value is -1.64. The Kier molecular flexibility index (Phi) is 3.36. The summed E-state index contributed by atoms with van der Waals surface area (Å²) in [6.45, 7) is 1.82. The fourth-order valence-electron chi connectivity index (χ4n) is 2.24. The first kappa shape index (κ1) is 12.4. The van der Waals surface area contributed by atoms with E-state index >= 15 is 0 Å². The van der Waals surface area contributed by atoms with Crippen LogP contribution >= 0.6 is 0 Å².